The van der Waals surface area contributed by atoms with Crippen molar-refractivity contribution in [1.29, 1.82) is 0 Å². The van der Waals surface area contributed by atoms with Crippen LogP contribution < -0.4 is 16.0 Å². The Bertz CT molecular complexity index is 660. The van der Waals surface area contributed by atoms with E-state index < -0.39 is 0 Å². The topological polar surface area (TPSA) is 90.5 Å². The number of benzene rings is 1. The zero-order valence-electron chi connectivity index (χ0n) is 15.0. The van der Waals surface area contributed by atoms with Gasteiger partial charge in [-0.05, 0) is 31.0 Å². The number of hydrogen-bond acceptors (Lipinski definition) is 3. The normalized spacial score (nSPS) is 16.7. The van der Waals surface area contributed by atoms with E-state index in [1.54, 1.807) is 24.0 Å². The number of amides is 4. The second kappa shape index (κ2) is 8.50. The third-order valence-electron chi connectivity index (χ3n) is 4.13. The van der Waals surface area contributed by atoms with Gasteiger partial charge >= 0.3 is 6.03 Å². The molecular formula is C18H26N4O3. The lowest BCUT2D eigenvalue weighted by atomic mass is 10.1. The van der Waals surface area contributed by atoms with E-state index in [0.717, 1.165) is 18.5 Å². The van der Waals surface area contributed by atoms with Crippen molar-refractivity contribution in [2.24, 2.45) is 0 Å². The fraction of sp³-hybridized carbons (Fsp3) is 0.500. The Morgan fingerprint density at radius 1 is 1.24 bits per heavy atom. The van der Waals surface area contributed by atoms with Gasteiger partial charge in [-0.25, -0.2) is 4.79 Å². The number of aryl methyl sites for hydroxylation is 1. The Labute approximate surface area is 148 Å². The first-order chi connectivity index (χ1) is 11.9. The molecule has 0 bridgehead atoms. The molecule has 136 valence electrons. The number of rotatable bonds is 6. The second-order valence-electron chi connectivity index (χ2n) is 6.27. The van der Waals surface area contributed by atoms with Crippen LogP contribution >= 0.6 is 0 Å². The monoisotopic (exact) mass is 346 g/mol. The van der Waals surface area contributed by atoms with Crippen molar-refractivity contribution < 1.29 is 14.4 Å². The Kier molecular flexibility index (Phi) is 6.38. The molecule has 0 radical (unpaired) electrons. The van der Waals surface area contributed by atoms with Crippen molar-refractivity contribution in [1.82, 2.24) is 10.2 Å². The van der Waals surface area contributed by atoms with Gasteiger partial charge in [-0.15, -0.1) is 0 Å². The number of nitrogens with one attached hydrogen (secondary N) is 3. The lowest BCUT2D eigenvalue weighted by Gasteiger charge is -2.16. The van der Waals surface area contributed by atoms with Crippen molar-refractivity contribution in [3.8, 4) is 0 Å². The van der Waals surface area contributed by atoms with Gasteiger partial charge in [0.25, 0.3) is 0 Å². The summed E-state index contributed by atoms with van der Waals surface area (Å²) in [5.41, 5.74) is 2.18. The first-order valence-electron chi connectivity index (χ1n) is 8.68. The molecule has 0 aromatic heterocycles. The molecule has 25 heavy (non-hydrogen) atoms. The molecule has 1 aliphatic rings. The molecule has 2 rings (SSSR count). The third kappa shape index (κ3) is 5.20. The molecule has 1 aromatic rings. The van der Waals surface area contributed by atoms with Crippen LogP contribution in [0.5, 0.6) is 0 Å². The molecule has 1 atom stereocenters. The summed E-state index contributed by atoms with van der Waals surface area (Å²) < 4.78 is 0. The van der Waals surface area contributed by atoms with E-state index in [0.29, 0.717) is 30.8 Å². The molecule has 1 aliphatic heterocycles. The predicted octanol–water partition coefficient (Wildman–Crippen LogP) is 2.48. The first-order valence-corrected chi connectivity index (χ1v) is 8.68. The number of anilines is 2. The minimum absolute atomic E-state index is 0.0760. The smallest absolute Gasteiger partial charge is 0.319 e. The SMILES string of the molecule is CCCN1C[C@H](NC(=O)Nc2ccc(C)c(NC(=O)CC)c2)CC1=O. The highest BCUT2D eigenvalue weighted by molar-refractivity contribution is 5.94. The molecule has 3 N–H and O–H groups in total. The van der Waals surface area contributed by atoms with Gasteiger partial charge in [0.2, 0.25) is 11.8 Å². The number of urea groups is 1. The predicted molar refractivity (Wildman–Crippen MR) is 97.5 cm³/mol. The lowest BCUT2D eigenvalue weighted by Crippen LogP contribution is -2.39. The van der Waals surface area contributed by atoms with Crippen LogP contribution in [-0.4, -0.2) is 41.9 Å². The molecule has 7 heteroatoms. The van der Waals surface area contributed by atoms with E-state index >= 15 is 0 Å². The van der Waals surface area contributed by atoms with Gasteiger partial charge in [0, 0.05) is 37.3 Å². The van der Waals surface area contributed by atoms with Crippen LogP contribution in [0.15, 0.2) is 18.2 Å². The average molecular weight is 346 g/mol. The fourth-order valence-electron chi connectivity index (χ4n) is 2.78. The Morgan fingerprint density at radius 3 is 2.68 bits per heavy atom. The molecule has 1 aromatic carbocycles. The summed E-state index contributed by atoms with van der Waals surface area (Å²) in [4.78, 5) is 37.4. The summed E-state index contributed by atoms with van der Waals surface area (Å²) in [5, 5.41) is 8.40. The van der Waals surface area contributed by atoms with E-state index in [9.17, 15) is 14.4 Å². The van der Waals surface area contributed by atoms with Crippen molar-refractivity contribution >= 4 is 29.2 Å². The van der Waals surface area contributed by atoms with Gasteiger partial charge in [0.05, 0.1) is 6.04 Å². The standard InChI is InChI=1S/C18H26N4O3/c1-4-8-22-11-14(10-17(22)24)20-18(25)19-13-7-6-12(3)15(9-13)21-16(23)5-2/h6-7,9,14H,4-5,8,10-11H2,1-3H3,(H,21,23)(H2,19,20,25)/t14-/m1/s1. The van der Waals surface area contributed by atoms with Crippen LogP contribution in [0.3, 0.4) is 0 Å². The van der Waals surface area contributed by atoms with E-state index in [-0.39, 0.29) is 23.9 Å². The number of nitrogens with zero attached hydrogens (tertiary/aromatic N) is 1. The summed E-state index contributed by atoms with van der Waals surface area (Å²) in [6, 6.07) is 4.81. The first kappa shape index (κ1) is 18.8. The number of carbonyl (C=O) groups excluding carboxylic acids is 3. The van der Waals surface area contributed by atoms with E-state index in [2.05, 4.69) is 16.0 Å². The molecule has 7 nitrogen and oxygen atoms in total. The van der Waals surface area contributed by atoms with E-state index in [1.165, 1.54) is 0 Å². The summed E-state index contributed by atoms with van der Waals surface area (Å²) in [6.45, 7) is 6.96. The molecule has 0 saturated carbocycles. The molecule has 1 fully saturated rings. The van der Waals surface area contributed by atoms with Crippen LogP contribution in [0, 0.1) is 6.92 Å². The Morgan fingerprint density at radius 2 is 2.00 bits per heavy atom. The highest BCUT2D eigenvalue weighted by atomic mass is 16.2. The second-order valence-corrected chi connectivity index (χ2v) is 6.27. The highest BCUT2D eigenvalue weighted by Gasteiger charge is 2.29. The summed E-state index contributed by atoms with van der Waals surface area (Å²) in [5.74, 6) is -0.00256. The molecular weight excluding hydrogens is 320 g/mol. The molecule has 0 aliphatic carbocycles. The Balaban J connectivity index is 1.93. The zero-order chi connectivity index (χ0) is 18.4. The minimum Gasteiger partial charge on any atom is -0.341 e. The third-order valence-corrected chi connectivity index (χ3v) is 4.13. The van der Waals surface area contributed by atoms with Crippen LogP contribution in [-0.2, 0) is 9.59 Å². The quantitative estimate of drug-likeness (QED) is 0.739. The van der Waals surface area contributed by atoms with Gasteiger partial charge in [-0.2, -0.15) is 0 Å². The summed E-state index contributed by atoms with van der Waals surface area (Å²) in [7, 11) is 0. The van der Waals surface area contributed by atoms with Crippen molar-refractivity contribution in [2.75, 3.05) is 23.7 Å². The van der Waals surface area contributed by atoms with E-state index in [4.69, 9.17) is 0 Å². The van der Waals surface area contributed by atoms with Crippen LogP contribution in [0.2, 0.25) is 0 Å². The van der Waals surface area contributed by atoms with Crippen molar-refractivity contribution in [2.45, 2.75) is 46.1 Å². The molecule has 4 amide bonds. The summed E-state index contributed by atoms with van der Waals surface area (Å²) in [6.07, 6.45) is 1.63. The van der Waals surface area contributed by atoms with Gasteiger partial charge in [-0.3, -0.25) is 9.59 Å². The minimum atomic E-state index is -0.354. The van der Waals surface area contributed by atoms with Gasteiger partial charge < -0.3 is 20.9 Å². The van der Waals surface area contributed by atoms with E-state index in [1.807, 2.05) is 19.9 Å². The van der Waals surface area contributed by atoms with Crippen LogP contribution in [0.4, 0.5) is 16.2 Å². The number of hydrogen-bond donors (Lipinski definition) is 3. The van der Waals surface area contributed by atoms with Crippen LogP contribution in [0.1, 0.15) is 38.7 Å². The maximum atomic E-state index is 12.2. The fourth-order valence-corrected chi connectivity index (χ4v) is 2.78. The largest absolute Gasteiger partial charge is 0.341 e. The molecule has 0 spiro atoms. The van der Waals surface area contributed by atoms with Crippen molar-refractivity contribution in [3.63, 3.8) is 0 Å². The molecule has 0 unspecified atom stereocenters. The number of likely N-dealkylation sites (tertiary alicyclic amines) is 1. The highest BCUT2D eigenvalue weighted by Crippen LogP contribution is 2.20. The maximum Gasteiger partial charge on any atom is 0.319 e. The van der Waals surface area contributed by atoms with Gasteiger partial charge in [0.15, 0.2) is 0 Å². The molecule has 1 heterocycles. The van der Waals surface area contributed by atoms with Gasteiger partial charge in [-0.1, -0.05) is 19.9 Å². The maximum absolute atomic E-state index is 12.2. The van der Waals surface area contributed by atoms with Gasteiger partial charge in [0.1, 0.15) is 0 Å². The lowest BCUT2D eigenvalue weighted by molar-refractivity contribution is -0.127. The number of carbonyl (C=O) groups is 3. The van der Waals surface area contributed by atoms with Crippen LogP contribution in [0.25, 0.3) is 0 Å². The molecule has 1 saturated heterocycles. The van der Waals surface area contributed by atoms with Crippen molar-refractivity contribution in [3.05, 3.63) is 23.8 Å². The average Bonchev–Trinajstić information content (AvgIpc) is 2.90. The Hall–Kier alpha value is -2.57. The summed E-state index contributed by atoms with van der Waals surface area (Å²) >= 11 is 0. The zero-order valence-corrected chi connectivity index (χ0v) is 15.0.